The summed E-state index contributed by atoms with van der Waals surface area (Å²) in [7, 11) is 0. The summed E-state index contributed by atoms with van der Waals surface area (Å²) >= 11 is 0. The normalized spacial score (nSPS) is 27.2. The lowest BCUT2D eigenvalue weighted by Gasteiger charge is -2.46. The summed E-state index contributed by atoms with van der Waals surface area (Å²) < 4.78 is 54.6. The third kappa shape index (κ3) is 6.58. The number of alkyl halides is 3. The van der Waals surface area contributed by atoms with Gasteiger partial charge in [-0.25, -0.2) is 4.98 Å². The van der Waals surface area contributed by atoms with Crippen molar-refractivity contribution in [2.24, 2.45) is 23.2 Å². The first kappa shape index (κ1) is 30.2. The van der Waals surface area contributed by atoms with E-state index >= 15 is 0 Å². The van der Waals surface area contributed by atoms with Crippen LogP contribution in [0.1, 0.15) is 115 Å². The third-order valence-electron chi connectivity index (χ3n) is 9.13. The Morgan fingerprint density at radius 1 is 1.23 bits per heavy atom. The zero-order valence-corrected chi connectivity index (χ0v) is 24.4. The van der Waals surface area contributed by atoms with E-state index in [9.17, 15) is 18.0 Å². The molecule has 4 rings (SSSR count). The monoisotopic (exact) mass is 550 g/mol. The molecule has 1 aromatic heterocycles. The molecular formula is C31H45F3N2O3. The van der Waals surface area contributed by atoms with E-state index in [0.717, 1.165) is 12.8 Å². The highest BCUT2D eigenvalue weighted by molar-refractivity contribution is 5.94. The molecule has 1 aliphatic heterocycles. The number of nitrogens with zero attached hydrogens (tertiary/aromatic N) is 2. The van der Waals surface area contributed by atoms with Crippen molar-refractivity contribution in [1.29, 1.82) is 0 Å². The Bertz CT molecular complexity index is 1060. The van der Waals surface area contributed by atoms with Crippen molar-refractivity contribution in [3.05, 3.63) is 28.9 Å². The van der Waals surface area contributed by atoms with Crippen molar-refractivity contribution in [3.8, 4) is 0 Å². The highest BCUT2D eigenvalue weighted by Crippen LogP contribution is 2.60. The van der Waals surface area contributed by atoms with E-state index in [1.807, 2.05) is 20.8 Å². The number of hydrogen-bond donors (Lipinski definition) is 0. The van der Waals surface area contributed by atoms with Gasteiger partial charge in [-0.1, -0.05) is 25.8 Å². The van der Waals surface area contributed by atoms with E-state index in [4.69, 9.17) is 9.47 Å². The van der Waals surface area contributed by atoms with Gasteiger partial charge in [0.05, 0.1) is 47.4 Å². The van der Waals surface area contributed by atoms with Gasteiger partial charge in [0, 0.05) is 12.3 Å². The second-order valence-corrected chi connectivity index (χ2v) is 13.0. The highest BCUT2D eigenvalue weighted by Gasteiger charge is 2.61. The van der Waals surface area contributed by atoms with Crippen LogP contribution in [-0.2, 0) is 15.9 Å². The van der Waals surface area contributed by atoms with Crippen LogP contribution in [0.25, 0.3) is 6.08 Å². The van der Waals surface area contributed by atoms with Crippen molar-refractivity contribution < 1.29 is 27.4 Å². The molecule has 1 saturated heterocycles. The Kier molecular flexibility index (Phi) is 8.97. The molecule has 2 aliphatic carbocycles. The topological polar surface area (TPSA) is 61.3 Å². The van der Waals surface area contributed by atoms with E-state index in [1.54, 1.807) is 6.08 Å². The van der Waals surface area contributed by atoms with E-state index in [0.29, 0.717) is 67.3 Å². The minimum absolute atomic E-state index is 0.0135. The number of ether oxygens (including phenoxy) is 2. The average molecular weight is 551 g/mol. The number of rotatable bonds is 9. The van der Waals surface area contributed by atoms with E-state index in [-0.39, 0.29) is 48.3 Å². The first-order valence-corrected chi connectivity index (χ1v) is 14.7. The summed E-state index contributed by atoms with van der Waals surface area (Å²) in [4.78, 5) is 22.1. The number of Topliss-reactive ketones (excluding diaryl/α,β-unsaturated/α-hetero) is 1. The Morgan fingerprint density at radius 2 is 1.95 bits per heavy atom. The molecule has 0 bridgehead atoms. The summed E-state index contributed by atoms with van der Waals surface area (Å²) in [5.74, 6) is 0.438. The SMILES string of the molecule is CC(C)OC(CCCC(=O)c1cnc2c(n1)CCC(C)C(C1(C(F)(F)F)CCC1)=C2)[C@@H]1COC(C)(C)CC1C. The Balaban J connectivity index is 1.43. The molecule has 3 aliphatic rings. The molecule has 3 unspecified atom stereocenters. The van der Waals surface area contributed by atoms with Crippen molar-refractivity contribution in [2.75, 3.05) is 6.61 Å². The molecule has 2 fully saturated rings. The minimum atomic E-state index is -4.27. The highest BCUT2D eigenvalue weighted by atomic mass is 19.4. The van der Waals surface area contributed by atoms with Crippen LogP contribution in [0.5, 0.6) is 0 Å². The summed E-state index contributed by atoms with van der Waals surface area (Å²) in [5.41, 5.74) is -0.0527. The quantitative estimate of drug-likeness (QED) is 0.294. The molecule has 0 N–H and O–H groups in total. The number of aryl methyl sites for hydroxylation is 1. The standard InChI is InChI=1S/C31H45F3N2O3/c1-19(2)39-28(22-18-38-29(5,6)16-21(22)4)10-7-9-27(37)26-17-35-25-15-23(20(3)11-12-24(25)36-26)30(13-8-14-30)31(32,33)34/h15,17,19-22,28H,7-14,16,18H2,1-6H3/t20?,21?,22-,28?/m1/s1. The van der Waals surface area contributed by atoms with Crippen molar-refractivity contribution >= 4 is 11.9 Å². The van der Waals surface area contributed by atoms with Crippen LogP contribution in [0.4, 0.5) is 13.2 Å². The summed E-state index contributed by atoms with van der Waals surface area (Å²) in [6, 6.07) is 0. The van der Waals surface area contributed by atoms with Crippen LogP contribution >= 0.6 is 0 Å². The average Bonchev–Trinajstić information content (AvgIpc) is 2.95. The lowest BCUT2D eigenvalue weighted by Crippen LogP contribution is -2.46. The molecule has 5 nitrogen and oxygen atoms in total. The van der Waals surface area contributed by atoms with Crippen molar-refractivity contribution in [1.82, 2.24) is 9.97 Å². The predicted molar refractivity (Wildman–Crippen MR) is 145 cm³/mol. The fourth-order valence-electron chi connectivity index (χ4n) is 6.82. The van der Waals surface area contributed by atoms with Gasteiger partial charge < -0.3 is 9.47 Å². The first-order valence-electron chi connectivity index (χ1n) is 14.7. The molecule has 0 aromatic carbocycles. The van der Waals surface area contributed by atoms with Gasteiger partial charge in [-0.2, -0.15) is 13.2 Å². The number of carbonyl (C=O) groups excluding carboxylic acids is 1. The molecule has 8 heteroatoms. The predicted octanol–water partition coefficient (Wildman–Crippen LogP) is 7.77. The first-order chi connectivity index (χ1) is 18.2. The number of allylic oxidation sites excluding steroid dienone is 1. The van der Waals surface area contributed by atoms with Crippen LogP contribution in [0, 0.1) is 23.2 Å². The molecule has 0 amide bonds. The summed E-state index contributed by atoms with van der Waals surface area (Å²) in [6.07, 6.45) is 3.53. The molecule has 39 heavy (non-hydrogen) atoms. The number of ketones is 1. The molecule has 1 saturated carbocycles. The molecular weight excluding hydrogens is 505 g/mol. The number of fused-ring (bicyclic) bond motifs is 1. The zero-order chi connectivity index (χ0) is 28.6. The van der Waals surface area contributed by atoms with Gasteiger partial charge in [0.15, 0.2) is 5.78 Å². The molecule has 4 atom stereocenters. The largest absolute Gasteiger partial charge is 0.398 e. The van der Waals surface area contributed by atoms with Gasteiger partial charge in [-0.3, -0.25) is 9.78 Å². The maximum Gasteiger partial charge on any atom is 0.398 e. The number of hydrogen-bond acceptors (Lipinski definition) is 5. The smallest absolute Gasteiger partial charge is 0.375 e. The Labute approximate surface area is 231 Å². The maximum atomic E-state index is 14.1. The van der Waals surface area contributed by atoms with Crippen LogP contribution in [0.15, 0.2) is 11.8 Å². The van der Waals surface area contributed by atoms with E-state index in [2.05, 4.69) is 30.7 Å². The molecule has 0 spiro atoms. The van der Waals surface area contributed by atoms with Crippen LogP contribution < -0.4 is 0 Å². The van der Waals surface area contributed by atoms with Gasteiger partial charge in [-0.05, 0) is 90.6 Å². The van der Waals surface area contributed by atoms with Gasteiger partial charge >= 0.3 is 6.18 Å². The third-order valence-corrected chi connectivity index (χ3v) is 9.13. The van der Waals surface area contributed by atoms with Crippen LogP contribution in [0.3, 0.4) is 0 Å². The molecule has 0 radical (unpaired) electrons. The number of aromatic nitrogens is 2. The second kappa shape index (κ2) is 11.6. The van der Waals surface area contributed by atoms with Gasteiger partial charge in [-0.15, -0.1) is 0 Å². The van der Waals surface area contributed by atoms with Gasteiger partial charge in [0.25, 0.3) is 0 Å². The van der Waals surface area contributed by atoms with E-state index in [1.165, 1.54) is 6.20 Å². The fourth-order valence-corrected chi connectivity index (χ4v) is 6.82. The van der Waals surface area contributed by atoms with Crippen molar-refractivity contribution in [2.45, 2.75) is 123 Å². The maximum absolute atomic E-state index is 14.1. The molecule has 218 valence electrons. The summed E-state index contributed by atoms with van der Waals surface area (Å²) in [6.45, 7) is 13.1. The van der Waals surface area contributed by atoms with Crippen LogP contribution in [-0.4, -0.2) is 46.3 Å². The lowest BCUT2D eigenvalue weighted by molar-refractivity contribution is -0.236. The molecule has 1 aromatic rings. The van der Waals surface area contributed by atoms with Gasteiger partial charge in [0.2, 0.25) is 0 Å². The second-order valence-electron chi connectivity index (χ2n) is 13.0. The minimum Gasteiger partial charge on any atom is -0.375 e. The van der Waals surface area contributed by atoms with Crippen molar-refractivity contribution in [3.63, 3.8) is 0 Å². The van der Waals surface area contributed by atoms with Gasteiger partial charge in [0.1, 0.15) is 5.69 Å². The van der Waals surface area contributed by atoms with E-state index < -0.39 is 11.6 Å². The van der Waals surface area contributed by atoms with Crippen LogP contribution in [0.2, 0.25) is 0 Å². The number of carbonyl (C=O) groups is 1. The number of halogens is 3. The Morgan fingerprint density at radius 3 is 2.54 bits per heavy atom. The molecule has 2 heterocycles. The zero-order valence-electron chi connectivity index (χ0n) is 24.4. The Hall–Kier alpha value is -1.80. The lowest BCUT2D eigenvalue weighted by atomic mass is 9.60. The summed E-state index contributed by atoms with van der Waals surface area (Å²) in [5, 5.41) is 0. The fraction of sp³-hybridized carbons (Fsp3) is 0.774.